The molecule has 1 aliphatic heterocycles. The van der Waals surface area contributed by atoms with Gasteiger partial charge < -0.3 is 19.4 Å². The molecule has 2 heterocycles. The van der Waals surface area contributed by atoms with Crippen molar-refractivity contribution in [2.24, 2.45) is 0 Å². The molecule has 0 saturated carbocycles. The van der Waals surface area contributed by atoms with Gasteiger partial charge in [0.15, 0.2) is 5.82 Å². The average Bonchev–Trinajstić information content (AvgIpc) is 2.86. The molecule has 2 aromatic rings. The highest BCUT2D eigenvalue weighted by Crippen LogP contribution is 2.24. The molecular weight excluding hydrogens is 320 g/mol. The van der Waals surface area contributed by atoms with E-state index in [4.69, 9.17) is 9.47 Å². The largest absolute Gasteiger partial charge is 0.497 e. The van der Waals surface area contributed by atoms with Gasteiger partial charge in [0.25, 0.3) is 0 Å². The maximum Gasteiger partial charge on any atom is 0.224 e. The quantitative estimate of drug-likeness (QED) is 0.866. The van der Waals surface area contributed by atoms with Gasteiger partial charge in [-0.15, -0.1) is 10.2 Å². The lowest BCUT2D eigenvalue weighted by Gasteiger charge is -2.11. The van der Waals surface area contributed by atoms with E-state index in [2.05, 4.69) is 20.1 Å². The van der Waals surface area contributed by atoms with E-state index in [1.165, 1.54) is 6.42 Å². The molecule has 0 saturated heterocycles. The molecule has 0 radical (unpaired) electrons. The van der Waals surface area contributed by atoms with E-state index < -0.39 is 0 Å². The molecular formula is C18H24N4O3. The van der Waals surface area contributed by atoms with Gasteiger partial charge in [0.05, 0.1) is 27.2 Å². The second kappa shape index (κ2) is 8.00. The molecule has 7 heteroatoms. The summed E-state index contributed by atoms with van der Waals surface area (Å²) >= 11 is 0. The Morgan fingerprint density at radius 1 is 1.20 bits per heavy atom. The van der Waals surface area contributed by atoms with E-state index in [1.54, 1.807) is 20.3 Å². The van der Waals surface area contributed by atoms with Crippen molar-refractivity contribution in [3.05, 3.63) is 35.4 Å². The molecule has 1 aromatic heterocycles. The van der Waals surface area contributed by atoms with E-state index in [1.807, 2.05) is 12.1 Å². The molecule has 0 unspecified atom stereocenters. The number of nitrogens with zero attached hydrogens (tertiary/aromatic N) is 3. The number of nitrogens with one attached hydrogen (secondary N) is 1. The Morgan fingerprint density at radius 3 is 2.88 bits per heavy atom. The SMILES string of the molecule is COc1ccc(OC)c(CC(=O)NCc2nnc3n2CCCCC3)c1. The number of aryl methyl sites for hydroxylation is 1. The van der Waals surface area contributed by atoms with Gasteiger partial charge in [0, 0.05) is 18.5 Å². The van der Waals surface area contributed by atoms with Crippen molar-refractivity contribution in [1.29, 1.82) is 0 Å². The zero-order valence-electron chi connectivity index (χ0n) is 14.7. The zero-order chi connectivity index (χ0) is 17.6. The molecule has 1 aromatic carbocycles. The van der Waals surface area contributed by atoms with Gasteiger partial charge in [-0.3, -0.25) is 4.79 Å². The molecule has 1 aliphatic rings. The van der Waals surface area contributed by atoms with Crippen LogP contribution in [0.5, 0.6) is 11.5 Å². The lowest BCUT2D eigenvalue weighted by Crippen LogP contribution is -2.26. The number of hydrogen-bond donors (Lipinski definition) is 1. The molecule has 0 atom stereocenters. The van der Waals surface area contributed by atoms with Crippen LogP contribution in [-0.4, -0.2) is 34.9 Å². The van der Waals surface area contributed by atoms with Crippen LogP contribution in [0, 0.1) is 0 Å². The number of carbonyl (C=O) groups is 1. The Balaban J connectivity index is 1.63. The molecule has 0 spiro atoms. The molecule has 25 heavy (non-hydrogen) atoms. The number of ether oxygens (including phenoxy) is 2. The summed E-state index contributed by atoms with van der Waals surface area (Å²) in [6, 6.07) is 5.44. The smallest absolute Gasteiger partial charge is 0.224 e. The monoisotopic (exact) mass is 344 g/mol. The molecule has 0 bridgehead atoms. The van der Waals surface area contributed by atoms with Crippen molar-refractivity contribution in [2.75, 3.05) is 14.2 Å². The Kier molecular flexibility index (Phi) is 5.53. The summed E-state index contributed by atoms with van der Waals surface area (Å²) in [6.45, 7) is 1.31. The maximum atomic E-state index is 12.3. The Labute approximate surface area is 147 Å². The van der Waals surface area contributed by atoms with Crippen LogP contribution in [-0.2, 0) is 30.7 Å². The fourth-order valence-electron chi connectivity index (χ4n) is 3.11. The Bertz CT molecular complexity index is 742. The van der Waals surface area contributed by atoms with Crippen molar-refractivity contribution in [1.82, 2.24) is 20.1 Å². The summed E-state index contributed by atoms with van der Waals surface area (Å²) in [5.41, 5.74) is 0.791. The minimum atomic E-state index is -0.0856. The van der Waals surface area contributed by atoms with Gasteiger partial charge in [0.1, 0.15) is 17.3 Å². The number of aromatic nitrogens is 3. The van der Waals surface area contributed by atoms with Crippen molar-refractivity contribution in [3.63, 3.8) is 0 Å². The van der Waals surface area contributed by atoms with Crippen LogP contribution in [0.4, 0.5) is 0 Å². The Morgan fingerprint density at radius 2 is 2.08 bits per heavy atom. The number of carbonyl (C=O) groups excluding carboxylic acids is 1. The van der Waals surface area contributed by atoms with Crippen LogP contribution in [0.2, 0.25) is 0 Å². The van der Waals surface area contributed by atoms with Gasteiger partial charge in [-0.25, -0.2) is 0 Å². The summed E-state index contributed by atoms with van der Waals surface area (Å²) in [5.74, 6) is 3.13. The minimum Gasteiger partial charge on any atom is -0.497 e. The first-order valence-electron chi connectivity index (χ1n) is 8.60. The maximum absolute atomic E-state index is 12.3. The number of rotatable bonds is 6. The van der Waals surface area contributed by atoms with Crippen molar-refractivity contribution in [3.8, 4) is 11.5 Å². The summed E-state index contributed by atoms with van der Waals surface area (Å²) in [6.07, 6.45) is 4.68. The fraction of sp³-hybridized carbons (Fsp3) is 0.500. The van der Waals surface area contributed by atoms with Crippen molar-refractivity contribution >= 4 is 5.91 Å². The third-order valence-corrected chi connectivity index (χ3v) is 4.47. The number of amides is 1. The van der Waals surface area contributed by atoms with Crippen LogP contribution in [0.1, 0.15) is 36.5 Å². The summed E-state index contributed by atoms with van der Waals surface area (Å²) in [7, 11) is 3.19. The van der Waals surface area contributed by atoms with Crippen molar-refractivity contribution in [2.45, 2.75) is 45.2 Å². The first-order valence-corrected chi connectivity index (χ1v) is 8.60. The second-order valence-electron chi connectivity index (χ2n) is 6.13. The van der Waals surface area contributed by atoms with Gasteiger partial charge in [-0.1, -0.05) is 6.42 Å². The molecule has 1 N–H and O–H groups in total. The predicted molar refractivity (Wildman–Crippen MR) is 92.7 cm³/mol. The summed E-state index contributed by atoms with van der Waals surface area (Å²) in [5, 5.41) is 11.4. The normalized spacial score (nSPS) is 13.7. The highest BCUT2D eigenvalue weighted by Gasteiger charge is 2.16. The number of methoxy groups -OCH3 is 2. The lowest BCUT2D eigenvalue weighted by atomic mass is 10.1. The number of hydrogen-bond acceptors (Lipinski definition) is 5. The standard InChI is InChI=1S/C18H24N4O3/c1-24-14-7-8-15(25-2)13(10-14)11-18(23)19-12-17-21-20-16-6-4-3-5-9-22(16)17/h7-8,10H,3-6,9,11-12H2,1-2H3,(H,19,23). The van der Waals surface area contributed by atoms with E-state index in [0.717, 1.165) is 43.0 Å². The highest BCUT2D eigenvalue weighted by atomic mass is 16.5. The first-order chi connectivity index (χ1) is 12.2. The van der Waals surface area contributed by atoms with Gasteiger partial charge >= 0.3 is 0 Å². The van der Waals surface area contributed by atoms with Crippen LogP contribution >= 0.6 is 0 Å². The van der Waals surface area contributed by atoms with Gasteiger partial charge in [0.2, 0.25) is 5.91 Å². The molecule has 134 valence electrons. The van der Waals surface area contributed by atoms with Crippen LogP contribution in [0.3, 0.4) is 0 Å². The van der Waals surface area contributed by atoms with E-state index in [9.17, 15) is 4.79 Å². The highest BCUT2D eigenvalue weighted by molar-refractivity contribution is 5.79. The van der Waals surface area contributed by atoms with Crippen LogP contribution in [0.15, 0.2) is 18.2 Å². The van der Waals surface area contributed by atoms with Crippen LogP contribution in [0.25, 0.3) is 0 Å². The number of benzene rings is 1. The number of fused-ring (bicyclic) bond motifs is 1. The first kappa shape index (κ1) is 17.3. The second-order valence-corrected chi connectivity index (χ2v) is 6.13. The summed E-state index contributed by atoms with van der Waals surface area (Å²) < 4.78 is 12.7. The molecule has 0 fully saturated rings. The molecule has 1 amide bonds. The van der Waals surface area contributed by atoms with Gasteiger partial charge in [-0.05, 0) is 31.0 Å². The molecule has 7 nitrogen and oxygen atoms in total. The van der Waals surface area contributed by atoms with Crippen molar-refractivity contribution < 1.29 is 14.3 Å². The topological polar surface area (TPSA) is 78.3 Å². The van der Waals surface area contributed by atoms with Gasteiger partial charge in [-0.2, -0.15) is 0 Å². The molecule has 3 rings (SSSR count). The van der Waals surface area contributed by atoms with E-state index in [-0.39, 0.29) is 12.3 Å². The predicted octanol–water partition coefficient (Wildman–Crippen LogP) is 1.88. The third kappa shape index (κ3) is 4.10. The van der Waals surface area contributed by atoms with E-state index in [0.29, 0.717) is 18.0 Å². The lowest BCUT2D eigenvalue weighted by molar-refractivity contribution is -0.120. The average molecular weight is 344 g/mol. The summed E-state index contributed by atoms with van der Waals surface area (Å²) in [4.78, 5) is 12.3. The minimum absolute atomic E-state index is 0.0856. The van der Waals surface area contributed by atoms with E-state index >= 15 is 0 Å². The third-order valence-electron chi connectivity index (χ3n) is 4.47. The Hall–Kier alpha value is -2.57. The fourth-order valence-corrected chi connectivity index (χ4v) is 3.11. The molecule has 0 aliphatic carbocycles. The van der Waals surface area contributed by atoms with Crippen LogP contribution < -0.4 is 14.8 Å². The zero-order valence-corrected chi connectivity index (χ0v) is 14.7.